The van der Waals surface area contributed by atoms with Crippen molar-refractivity contribution in [2.45, 2.75) is 91.2 Å². The molecule has 1 saturated carbocycles. The minimum Gasteiger partial charge on any atom is -0.466 e. The van der Waals surface area contributed by atoms with E-state index < -0.39 is 5.60 Å². The topological polar surface area (TPSA) is 97.3 Å². The lowest BCUT2D eigenvalue weighted by Crippen LogP contribution is -2.36. The molecule has 2 aliphatic rings. The summed E-state index contributed by atoms with van der Waals surface area (Å²) in [4.78, 5) is 38.4. The van der Waals surface area contributed by atoms with Gasteiger partial charge in [0, 0.05) is 12.1 Å². The molecule has 2 unspecified atom stereocenters. The molecule has 0 aromatic heterocycles. The third-order valence-electron chi connectivity index (χ3n) is 8.09. The second kappa shape index (κ2) is 13.5. The predicted molar refractivity (Wildman–Crippen MR) is 162 cm³/mol. The predicted octanol–water partition coefficient (Wildman–Crippen LogP) is 5.95. The highest BCUT2D eigenvalue weighted by molar-refractivity contribution is 5.97. The molecule has 0 bridgehead atoms. The van der Waals surface area contributed by atoms with Crippen molar-refractivity contribution in [3.05, 3.63) is 71.3 Å². The van der Waals surface area contributed by atoms with Gasteiger partial charge in [-0.2, -0.15) is 0 Å². The number of esters is 1. The van der Waals surface area contributed by atoms with E-state index in [0.717, 1.165) is 55.2 Å². The molecule has 1 aliphatic carbocycles. The summed E-state index contributed by atoms with van der Waals surface area (Å²) in [5.74, 6) is 0.0586. The molecule has 1 fully saturated rings. The summed E-state index contributed by atoms with van der Waals surface area (Å²) >= 11 is 0. The van der Waals surface area contributed by atoms with Gasteiger partial charge in [0.05, 0.1) is 17.9 Å². The van der Waals surface area contributed by atoms with Crippen molar-refractivity contribution in [3.63, 3.8) is 0 Å². The van der Waals surface area contributed by atoms with Gasteiger partial charge in [0.2, 0.25) is 11.8 Å². The molecule has 8 nitrogen and oxygen atoms in total. The van der Waals surface area contributed by atoms with Crippen molar-refractivity contribution >= 4 is 23.7 Å². The van der Waals surface area contributed by atoms with Crippen LogP contribution in [0.2, 0.25) is 0 Å². The van der Waals surface area contributed by atoms with Crippen molar-refractivity contribution < 1.29 is 23.9 Å². The maximum absolute atomic E-state index is 13.3. The minimum atomic E-state index is -0.469. The van der Waals surface area contributed by atoms with Crippen LogP contribution in [-0.4, -0.2) is 47.4 Å². The fraction of sp³-hybridized carbons (Fsp3) is 0.529. The number of amides is 2. The van der Waals surface area contributed by atoms with Gasteiger partial charge in [-0.25, -0.2) is 5.01 Å². The van der Waals surface area contributed by atoms with Crippen LogP contribution in [0.4, 0.5) is 0 Å². The van der Waals surface area contributed by atoms with E-state index in [1.165, 1.54) is 5.01 Å². The second-order valence-corrected chi connectivity index (χ2v) is 12.6. The molecule has 8 heteroatoms. The van der Waals surface area contributed by atoms with Gasteiger partial charge in [0.25, 0.3) is 5.91 Å². The number of hydrazone groups is 1. The molecule has 226 valence electrons. The summed E-state index contributed by atoms with van der Waals surface area (Å²) < 4.78 is 11.2. The molecule has 4 rings (SSSR count). The Labute approximate surface area is 249 Å². The molecule has 0 saturated heterocycles. The van der Waals surface area contributed by atoms with Crippen LogP contribution in [0.3, 0.4) is 0 Å². The normalized spacial score (nSPS) is 17.5. The van der Waals surface area contributed by atoms with Gasteiger partial charge < -0.3 is 14.8 Å². The number of nitrogens with one attached hydrogen (secondary N) is 1. The molecule has 2 amide bonds. The smallest absolute Gasteiger partial charge is 0.312 e. The maximum Gasteiger partial charge on any atom is 0.312 e. The van der Waals surface area contributed by atoms with Crippen LogP contribution in [0.5, 0.6) is 0 Å². The first kappa shape index (κ1) is 31.3. The van der Waals surface area contributed by atoms with Crippen molar-refractivity contribution in [3.8, 4) is 0 Å². The van der Waals surface area contributed by atoms with Gasteiger partial charge in [0.15, 0.2) is 6.61 Å². The first-order valence-electron chi connectivity index (χ1n) is 15.2. The van der Waals surface area contributed by atoms with E-state index in [1.54, 1.807) is 0 Å². The highest BCUT2D eigenvalue weighted by atomic mass is 16.6. The molecular weight excluding hydrogens is 530 g/mol. The highest BCUT2D eigenvalue weighted by Crippen LogP contribution is 2.51. The second-order valence-electron chi connectivity index (χ2n) is 12.6. The van der Waals surface area contributed by atoms with Crippen LogP contribution < -0.4 is 5.32 Å². The van der Waals surface area contributed by atoms with Gasteiger partial charge in [0.1, 0.15) is 5.60 Å². The number of carbonyl (C=O) groups is 3. The van der Waals surface area contributed by atoms with Crippen molar-refractivity contribution in [1.29, 1.82) is 0 Å². The highest BCUT2D eigenvalue weighted by Gasteiger charge is 2.51. The summed E-state index contributed by atoms with van der Waals surface area (Å²) in [5, 5.41) is 9.01. The number of unbranched alkanes of at least 4 members (excludes halogenated alkanes) is 1. The van der Waals surface area contributed by atoms with E-state index in [0.29, 0.717) is 19.0 Å². The first-order valence-corrected chi connectivity index (χ1v) is 15.2. The van der Waals surface area contributed by atoms with Crippen molar-refractivity contribution in [2.24, 2.45) is 16.4 Å². The Kier molecular flexibility index (Phi) is 10.1. The number of hydrogen-bond acceptors (Lipinski definition) is 6. The van der Waals surface area contributed by atoms with Gasteiger partial charge in [-0.1, -0.05) is 69.2 Å². The fourth-order valence-corrected chi connectivity index (χ4v) is 5.22. The Hall–Kier alpha value is -3.68. The molecule has 2 aromatic carbocycles. The summed E-state index contributed by atoms with van der Waals surface area (Å²) in [6, 6.07) is 17.4. The van der Waals surface area contributed by atoms with E-state index in [-0.39, 0.29) is 41.6 Å². The molecule has 2 atom stereocenters. The third kappa shape index (κ3) is 8.20. The Morgan fingerprint density at radius 1 is 1.07 bits per heavy atom. The first-order chi connectivity index (χ1) is 20.0. The van der Waals surface area contributed by atoms with E-state index in [4.69, 9.17) is 9.47 Å². The lowest BCUT2D eigenvalue weighted by Gasteiger charge is -2.25. The molecule has 1 N–H and O–H groups in total. The quantitative estimate of drug-likeness (QED) is 0.235. The lowest BCUT2D eigenvalue weighted by molar-refractivity contribution is -0.162. The van der Waals surface area contributed by atoms with Crippen LogP contribution in [0.15, 0.2) is 59.7 Å². The van der Waals surface area contributed by atoms with Gasteiger partial charge in [-0.3, -0.25) is 14.4 Å². The van der Waals surface area contributed by atoms with Gasteiger partial charge in [-0.05, 0) is 75.6 Å². The molecule has 1 heterocycles. The monoisotopic (exact) mass is 575 g/mol. The Morgan fingerprint density at radius 2 is 1.76 bits per heavy atom. The molecule has 2 aromatic rings. The molecular formula is C34H45N3O5. The minimum absolute atomic E-state index is 0.0193. The lowest BCUT2D eigenvalue weighted by atomic mass is 9.84. The van der Waals surface area contributed by atoms with Crippen molar-refractivity contribution in [1.82, 2.24) is 10.3 Å². The Bertz CT molecular complexity index is 1260. The zero-order valence-corrected chi connectivity index (χ0v) is 25.7. The van der Waals surface area contributed by atoms with Crippen LogP contribution in [-0.2, 0) is 30.4 Å². The standard InChI is InChI=1S/C34H45N3O5/c1-6-24(2)29(30(39)35-21-11-10-18-34(19-20-34)32(40)42-33(3,4)5)26-16-14-25(15-17-26)22-37-28(38)23-41-31(36-37)27-12-8-7-9-13-27/h7-9,12-17,24,29H,6,10-11,18-23H2,1-5H3,(H,35,39). The molecule has 42 heavy (non-hydrogen) atoms. The van der Waals surface area contributed by atoms with E-state index in [2.05, 4.69) is 24.3 Å². The molecule has 1 aliphatic heterocycles. The largest absolute Gasteiger partial charge is 0.466 e. The van der Waals surface area contributed by atoms with Crippen LogP contribution in [0.25, 0.3) is 0 Å². The van der Waals surface area contributed by atoms with Gasteiger partial charge in [-0.15, -0.1) is 5.10 Å². The number of hydrogen-bond donors (Lipinski definition) is 1. The fourth-order valence-electron chi connectivity index (χ4n) is 5.22. The summed E-state index contributed by atoms with van der Waals surface area (Å²) in [5.41, 5.74) is 1.91. The summed E-state index contributed by atoms with van der Waals surface area (Å²) in [7, 11) is 0. The molecule has 0 spiro atoms. The van der Waals surface area contributed by atoms with Gasteiger partial charge >= 0.3 is 5.97 Å². The molecule has 0 radical (unpaired) electrons. The third-order valence-corrected chi connectivity index (χ3v) is 8.09. The van der Waals surface area contributed by atoms with Crippen LogP contribution in [0, 0.1) is 11.3 Å². The number of rotatable bonds is 13. The zero-order chi connectivity index (χ0) is 30.3. The van der Waals surface area contributed by atoms with E-state index >= 15 is 0 Å². The van der Waals surface area contributed by atoms with Crippen LogP contribution >= 0.6 is 0 Å². The summed E-state index contributed by atoms with van der Waals surface area (Å²) in [6.45, 7) is 10.7. The number of nitrogens with zero attached hydrogens (tertiary/aromatic N) is 2. The SMILES string of the molecule is CCC(C)C(C(=O)NCCCCC1(C(=O)OC(C)(C)C)CC1)c1ccc(CN2N=C(c3ccccc3)OCC2=O)cc1. The summed E-state index contributed by atoms with van der Waals surface area (Å²) in [6.07, 6.45) is 5.15. The Balaban J connectivity index is 1.31. The van der Waals surface area contributed by atoms with E-state index in [1.807, 2.05) is 75.4 Å². The van der Waals surface area contributed by atoms with E-state index in [9.17, 15) is 14.4 Å². The Morgan fingerprint density at radius 3 is 2.38 bits per heavy atom. The number of ether oxygens (including phenoxy) is 2. The maximum atomic E-state index is 13.3. The average Bonchev–Trinajstić information content (AvgIpc) is 3.76. The van der Waals surface area contributed by atoms with Crippen LogP contribution in [0.1, 0.15) is 95.8 Å². The average molecular weight is 576 g/mol. The number of carbonyl (C=O) groups excluding carboxylic acids is 3. The number of benzene rings is 2. The van der Waals surface area contributed by atoms with Crippen molar-refractivity contribution in [2.75, 3.05) is 13.2 Å². The zero-order valence-electron chi connectivity index (χ0n) is 25.7.